The fourth-order valence-electron chi connectivity index (χ4n) is 2.56. The number of ether oxygens (including phenoxy) is 1. The van der Waals surface area contributed by atoms with Crippen molar-refractivity contribution in [1.29, 1.82) is 0 Å². The maximum absolute atomic E-state index is 12.7. The molecule has 0 N–H and O–H groups in total. The first-order chi connectivity index (χ1) is 10.1. The number of benzene rings is 2. The summed E-state index contributed by atoms with van der Waals surface area (Å²) in [6, 6.07) is 20.3. The van der Waals surface area contributed by atoms with Gasteiger partial charge in [-0.25, -0.2) is 0 Å². The van der Waals surface area contributed by atoms with Gasteiger partial charge in [0.2, 0.25) is 0 Å². The maximum atomic E-state index is 12.7. The zero-order valence-electron chi connectivity index (χ0n) is 12.2. The van der Waals surface area contributed by atoms with Crippen LogP contribution in [0.2, 0.25) is 4.82 Å². The fraction of sp³-hybridized carbons (Fsp3) is 0.278. The molecule has 21 heavy (non-hydrogen) atoms. The molecule has 2 aromatic rings. The molecule has 1 aliphatic rings. The van der Waals surface area contributed by atoms with Crippen LogP contribution in [0.5, 0.6) is 0 Å². The van der Waals surface area contributed by atoms with Crippen LogP contribution in [0.3, 0.4) is 0 Å². The average Bonchev–Trinajstić information content (AvgIpc) is 2.73. The quantitative estimate of drug-likeness (QED) is 0.800. The summed E-state index contributed by atoms with van der Waals surface area (Å²) in [6.07, 6.45) is -0.131. The SMILES string of the molecule is CC1(C)O[C@H](c2ccccc2)[C@@H]([Se]c2ccccc2)C1=O. The van der Waals surface area contributed by atoms with E-state index < -0.39 is 5.60 Å². The summed E-state index contributed by atoms with van der Waals surface area (Å²) in [7, 11) is 0. The van der Waals surface area contributed by atoms with E-state index in [0.717, 1.165) is 5.56 Å². The van der Waals surface area contributed by atoms with Gasteiger partial charge in [-0.15, -0.1) is 0 Å². The topological polar surface area (TPSA) is 26.3 Å². The van der Waals surface area contributed by atoms with E-state index in [9.17, 15) is 4.79 Å². The molecule has 1 fully saturated rings. The Kier molecular flexibility index (Phi) is 3.99. The molecule has 1 heterocycles. The molecule has 0 spiro atoms. The fourth-order valence-corrected chi connectivity index (χ4v) is 5.36. The molecule has 2 nitrogen and oxygen atoms in total. The molecule has 108 valence electrons. The minimum absolute atomic E-state index is 0.0581. The van der Waals surface area contributed by atoms with Crippen LogP contribution in [0.25, 0.3) is 0 Å². The summed E-state index contributed by atoms with van der Waals surface area (Å²) in [5.41, 5.74) is 0.404. The Hall–Kier alpha value is -1.41. The summed E-state index contributed by atoms with van der Waals surface area (Å²) >= 11 is 0.0760. The molecule has 2 aromatic carbocycles. The van der Waals surface area contributed by atoms with Crippen molar-refractivity contribution in [3.8, 4) is 0 Å². The van der Waals surface area contributed by atoms with Crippen LogP contribution in [0.15, 0.2) is 60.7 Å². The van der Waals surface area contributed by atoms with Crippen LogP contribution in [-0.2, 0) is 9.53 Å². The van der Waals surface area contributed by atoms with Crippen LogP contribution >= 0.6 is 0 Å². The van der Waals surface area contributed by atoms with Crippen molar-refractivity contribution < 1.29 is 9.53 Å². The molecule has 0 aromatic heterocycles. The Labute approximate surface area is 131 Å². The monoisotopic (exact) mass is 346 g/mol. The van der Waals surface area contributed by atoms with Crippen molar-refractivity contribution in [2.24, 2.45) is 0 Å². The van der Waals surface area contributed by atoms with E-state index in [0.29, 0.717) is 0 Å². The van der Waals surface area contributed by atoms with E-state index in [1.165, 1.54) is 4.46 Å². The first-order valence-corrected chi connectivity index (χ1v) is 8.91. The summed E-state index contributed by atoms with van der Waals surface area (Å²) in [4.78, 5) is 12.6. The summed E-state index contributed by atoms with van der Waals surface area (Å²) in [6.45, 7) is 3.76. The van der Waals surface area contributed by atoms with Crippen molar-refractivity contribution in [1.82, 2.24) is 0 Å². The third-order valence-electron chi connectivity index (χ3n) is 3.68. The zero-order chi connectivity index (χ0) is 14.9. The predicted octanol–water partition coefficient (Wildman–Crippen LogP) is 2.92. The molecule has 0 amide bonds. The second kappa shape index (κ2) is 5.76. The van der Waals surface area contributed by atoms with Gasteiger partial charge in [-0.2, -0.15) is 0 Å². The molecule has 0 bridgehead atoms. The van der Waals surface area contributed by atoms with E-state index in [-0.39, 0.29) is 31.7 Å². The molecular formula is C18H18O2Se. The van der Waals surface area contributed by atoms with Gasteiger partial charge in [-0.05, 0) is 0 Å². The zero-order valence-corrected chi connectivity index (χ0v) is 13.9. The molecule has 2 atom stereocenters. The third-order valence-corrected chi connectivity index (χ3v) is 6.33. The van der Waals surface area contributed by atoms with Gasteiger partial charge in [-0.1, -0.05) is 0 Å². The van der Waals surface area contributed by atoms with Gasteiger partial charge < -0.3 is 0 Å². The third kappa shape index (κ3) is 2.96. The number of hydrogen-bond donors (Lipinski definition) is 0. The Balaban J connectivity index is 1.92. The van der Waals surface area contributed by atoms with Crippen LogP contribution in [0.1, 0.15) is 25.5 Å². The number of ketones is 1. The van der Waals surface area contributed by atoms with Crippen LogP contribution < -0.4 is 4.46 Å². The van der Waals surface area contributed by atoms with E-state index in [4.69, 9.17) is 4.74 Å². The summed E-state index contributed by atoms with van der Waals surface area (Å²) in [5.74, 6) is 0.222. The molecular weight excluding hydrogens is 327 g/mol. The number of rotatable bonds is 3. The van der Waals surface area contributed by atoms with Gasteiger partial charge in [0.05, 0.1) is 0 Å². The van der Waals surface area contributed by atoms with Gasteiger partial charge in [0.25, 0.3) is 0 Å². The molecule has 0 saturated carbocycles. The molecule has 3 rings (SSSR count). The molecule has 0 aliphatic carbocycles. The number of carbonyl (C=O) groups excluding carboxylic acids is 1. The molecule has 1 saturated heterocycles. The normalized spacial score (nSPS) is 24.2. The van der Waals surface area contributed by atoms with Crippen molar-refractivity contribution >= 4 is 25.2 Å². The van der Waals surface area contributed by atoms with Crippen LogP contribution in [-0.4, -0.2) is 26.3 Å². The van der Waals surface area contributed by atoms with E-state index in [2.05, 4.69) is 12.1 Å². The predicted molar refractivity (Wildman–Crippen MR) is 84.9 cm³/mol. The second-order valence-corrected chi connectivity index (χ2v) is 8.22. The molecule has 0 unspecified atom stereocenters. The molecule has 0 radical (unpaired) electrons. The Morgan fingerprint density at radius 3 is 2.14 bits per heavy atom. The summed E-state index contributed by atoms with van der Waals surface area (Å²) < 4.78 is 7.34. The van der Waals surface area contributed by atoms with Gasteiger partial charge in [0.15, 0.2) is 0 Å². The van der Waals surface area contributed by atoms with E-state index in [1.54, 1.807) is 0 Å². The first-order valence-electron chi connectivity index (χ1n) is 7.07. The molecule has 1 aliphatic heterocycles. The Morgan fingerprint density at radius 1 is 0.952 bits per heavy atom. The Morgan fingerprint density at radius 2 is 1.52 bits per heavy atom. The number of carbonyl (C=O) groups is 1. The van der Waals surface area contributed by atoms with Gasteiger partial charge in [-0.3, -0.25) is 0 Å². The minimum atomic E-state index is -0.693. The van der Waals surface area contributed by atoms with Crippen LogP contribution in [0.4, 0.5) is 0 Å². The van der Waals surface area contributed by atoms with E-state index in [1.807, 2.05) is 62.4 Å². The standard InChI is InChI=1S/C18H18O2Se/c1-18(2)17(19)16(21-14-11-7-4-8-12-14)15(20-18)13-9-5-3-6-10-13/h3-12,15-16H,1-2H3/t15-,16-/m1/s1. The van der Waals surface area contributed by atoms with Crippen molar-refractivity contribution in [3.63, 3.8) is 0 Å². The Bertz CT molecular complexity index is 622. The van der Waals surface area contributed by atoms with Crippen molar-refractivity contribution in [2.75, 3.05) is 0 Å². The van der Waals surface area contributed by atoms with Crippen molar-refractivity contribution in [3.05, 3.63) is 66.2 Å². The number of hydrogen-bond acceptors (Lipinski definition) is 2. The van der Waals surface area contributed by atoms with Crippen molar-refractivity contribution in [2.45, 2.75) is 30.4 Å². The summed E-state index contributed by atoms with van der Waals surface area (Å²) in [5, 5.41) is 0. The molecule has 3 heteroatoms. The van der Waals surface area contributed by atoms with Gasteiger partial charge in [0.1, 0.15) is 0 Å². The van der Waals surface area contributed by atoms with E-state index >= 15 is 0 Å². The average molecular weight is 345 g/mol. The van der Waals surface area contributed by atoms with Crippen LogP contribution in [0, 0.1) is 0 Å². The second-order valence-electron chi connectivity index (χ2n) is 5.68. The van der Waals surface area contributed by atoms with Gasteiger partial charge >= 0.3 is 131 Å². The first kappa shape index (κ1) is 14.5. The van der Waals surface area contributed by atoms with Gasteiger partial charge in [0, 0.05) is 0 Å². The number of Topliss-reactive ketones (excluding diaryl/α,β-unsaturated/α-hetero) is 1.